The number of aryl methyl sites for hydroxylation is 1. The van der Waals surface area contributed by atoms with Crippen LogP contribution in [0.1, 0.15) is 53.5 Å². The second-order valence-corrected chi connectivity index (χ2v) is 6.84. The lowest BCUT2D eigenvalue weighted by molar-refractivity contribution is 0.0474. The average Bonchev–Trinajstić information content (AvgIpc) is 3.21. The fourth-order valence-electron chi connectivity index (χ4n) is 3.27. The van der Waals surface area contributed by atoms with Gasteiger partial charge in [0.25, 0.3) is 0 Å². The van der Waals surface area contributed by atoms with Crippen molar-refractivity contribution in [3.8, 4) is 11.5 Å². The first kappa shape index (κ1) is 21.4. The van der Waals surface area contributed by atoms with Crippen LogP contribution in [0.3, 0.4) is 0 Å². The summed E-state index contributed by atoms with van der Waals surface area (Å²) in [5.74, 6) is 0.225. The van der Waals surface area contributed by atoms with Crippen LogP contribution >= 0.6 is 0 Å². The van der Waals surface area contributed by atoms with Crippen molar-refractivity contribution >= 4 is 22.7 Å². The van der Waals surface area contributed by atoms with Crippen LogP contribution in [0, 0.1) is 0 Å². The SMILES string of the molecule is CCCOc1ccc(C(=O)OCC(=O)c2c[nH]c3c(CC)cccc23)cc1OCC. The number of rotatable bonds is 10. The molecule has 0 spiro atoms. The Balaban J connectivity index is 1.71. The molecule has 6 nitrogen and oxygen atoms in total. The fraction of sp³-hybridized carbons (Fsp3) is 0.333. The molecule has 158 valence electrons. The monoisotopic (exact) mass is 409 g/mol. The lowest BCUT2D eigenvalue weighted by Crippen LogP contribution is -2.14. The van der Waals surface area contributed by atoms with Gasteiger partial charge in [-0.05, 0) is 43.5 Å². The first-order valence-corrected chi connectivity index (χ1v) is 10.3. The summed E-state index contributed by atoms with van der Waals surface area (Å²) >= 11 is 0. The zero-order valence-electron chi connectivity index (χ0n) is 17.6. The normalized spacial score (nSPS) is 10.8. The lowest BCUT2D eigenvalue weighted by atomic mass is 10.1. The molecule has 0 radical (unpaired) electrons. The summed E-state index contributed by atoms with van der Waals surface area (Å²) in [4.78, 5) is 28.3. The Labute approximate surface area is 176 Å². The predicted octanol–water partition coefficient (Wildman–Crippen LogP) is 4.96. The summed E-state index contributed by atoms with van der Waals surface area (Å²) in [5.41, 5.74) is 2.91. The molecular weight excluding hydrogens is 382 g/mol. The zero-order valence-corrected chi connectivity index (χ0v) is 17.6. The molecule has 0 saturated heterocycles. The molecule has 2 aromatic carbocycles. The number of hydrogen-bond donors (Lipinski definition) is 1. The molecule has 0 atom stereocenters. The number of Topliss-reactive ketones (excluding diaryl/α,β-unsaturated/α-hetero) is 1. The average molecular weight is 409 g/mol. The summed E-state index contributed by atoms with van der Waals surface area (Å²) in [7, 11) is 0. The number of carbonyl (C=O) groups excluding carboxylic acids is 2. The Bertz CT molecular complexity index is 1040. The van der Waals surface area contributed by atoms with E-state index >= 15 is 0 Å². The van der Waals surface area contributed by atoms with E-state index in [1.165, 1.54) is 0 Å². The highest BCUT2D eigenvalue weighted by atomic mass is 16.5. The van der Waals surface area contributed by atoms with Gasteiger partial charge in [-0.2, -0.15) is 0 Å². The van der Waals surface area contributed by atoms with Crippen molar-refractivity contribution in [2.75, 3.05) is 19.8 Å². The van der Waals surface area contributed by atoms with Gasteiger partial charge in [-0.3, -0.25) is 4.79 Å². The maximum absolute atomic E-state index is 12.7. The van der Waals surface area contributed by atoms with Crippen molar-refractivity contribution < 1.29 is 23.8 Å². The van der Waals surface area contributed by atoms with Gasteiger partial charge in [0, 0.05) is 22.7 Å². The summed E-state index contributed by atoms with van der Waals surface area (Å²) in [6.45, 7) is 6.61. The highest BCUT2D eigenvalue weighted by molar-refractivity contribution is 6.09. The summed E-state index contributed by atoms with van der Waals surface area (Å²) < 4.78 is 16.5. The molecule has 3 rings (SSSR count). The van der Waals surface area contributed by atoms with Gasteiger partial charge >= 0.3 is 5.97 Å². The Morgan fingerprint density at radius 2 is 1.83 bits per heavy atom. The Morgan fingerprint density at radius 3 is 2.57 bits per heavy atom. The van der Waals surface area contributed by atoms with E-state index in [1.54, 1.807) is 24.4 Å². The summed E-state index contributed by atoms with van der Waals surface area (Å²) in [6.07, 6.45) is 3.40. The van der Waals surface area contributed by atoms with E-state index in [2.05, 4.69) is 11.9 Å². The van der Waals surface area contributed by atoms with Crippen molar-refractivity contribution in [2.24, 2.45) is 0 Å². The van der Waals surface area contributed by atoms with Crippen LogP contribution < -0.4 is 9.47 Å². The van der Waals surface area contributed by atoms with Gasteiger partial charge in [0.1, 0.15) is 0 Å². The molecule has 1 heterocycles. The van der Waals surface area contributed by atoms with Gasteiger partial charge in [0.05, 0.1) is 18.8 Å². The molecule has 6 heteroatoms. The maximum atomic E-state index is 12.7. The molecule has 0 amide bonds. The number of ether oxygens (including phenoxy) is 3. The number of aromatic nitrogens is 1. The number of nitrogens with one attached hydrogen (secondary N) is 1. The smallest absolute Gasteiger partial charge is 0.338 e. The summed E-state index contributed by atoms with van der Waals surface area (Å²) in [6, 6.07) is 10.7. The van der Waals surface area contributed by atoms with Gasteiger partial charge in [0.15, 0.2) is 18.1 Å². The van der Waals surface area contributed by atoms with Crippen molar-refractivity contribution in [2.45, 2.75) is 33.6 Å². The second kappa shape index (κ2) is 9.96. The molecule has 1 aromatic heterocycles. The van der Waals surface area contributed by atoms with Crippen LogP contribution in [-0.2, 0) is 11.2 Å². The molecular formula is C24H27NO5. The van der Waals surface area contributed by atoms with Gasteiger partial charge in [-0.15, -0.1) is 0 Å². The van der Waals surface area contributed by atoms with Crippen LogP contribution in [0.25, 0.3) is 10.9 Å². The quantitative estimate of drug-likeness (QED) is 0.378. The van der Waals surface area contributed by atoms with Gasteiger partial charge in [0.2, 0.25) is 5.78 Å². The fourth-order valence-corrected chi connectivity index (χ4v) is 3.27. The molecule has 0 aliphatic rings. The van der Waals surface area contributed by atoms with E-state index in [-0.39, 0.29) is 12.4 Å². The number of ketones is 1. The lowest BCUT2D eigenvalue weighted by Gasteiger charge is -2.12. The van der Waals surface area contributed by atoms with E-state index in [0.717, 1.165) is 29.3 Å². The predicted molar refractivity (Wildman–Crippen MR) is 116 cm³/mol. The van der Waals surface area contributed by atoms with Crippen LogP contribution in [0.4, 0.5) is 0 Å². The number of carbonyl (C=O) groups is 2. The van der Waals surface area contributed by atoms with Crippen LogP contribution in [0.15, 0.2) is 42.6 Å². The number of para-hydroxylation sites is 1. The second-order valence-electron chi connectivity index (χ2n) is 6.84. The molecule has 0 fully saturated rings. The number of H-pyrrole nitrogens is 1. The number of esters is 1. The highest BCUT2D eigenvalue weighted by Crippen LogP contribution is 2.29. The van der Waals surface area contributed by atoms with Crippen molar-refractivity contribution in [3.63, 3.8) is 0 Å². The molecule has 3 aromatic rings. The molecule has 0 saturated carbocycles. The summed E-state index contributed by atoms with van der Waals surface area (Å²) in [5, 5.41) is 0.839. The van der Waals surface area contributed by atoms with E-state index < -0.39 is 5.97 Å². The third-order valence-electron chi connectivity index (χ3n) is 4.76. The van der Waals surface area contributed by atoms with Gasteiger partial charge < -0.3 is 19.2 Å². The van der Waals surface area contributed by atoms with E-state index in [9.17, 15) is 9.59 Å². The number of aromatic amines is 1. The standard InChI is InChI=1S/C24H27NO5/c1-4-12-29-21-11-10-17(13-22(21)28-6-3)24(27)30-15-20(26)19-14-25-23-16(5-2)8-7-9-18(19)23/h7-11,13-14,25H,4-6,12,15H2,1-3H3. The Hall–Kier alpha value is -3.28. The van der Waals surface area contributed by atoms with Crippen molar-refractivity contribution in [3.05, 3.63) is 59.3 Å². The number of hydrogen-bond acceptors (Lipinski definition) is 5. The van der Waals surface area contributed by atoms with Crippen molar-refractivity contribution in [1.82, 2.24) is 4.98 Å². The highest BCUT2D eigenvalue weighted by Gasteiger charge is 2.17. The number of fused-ring (bicyclic) bond motifs is 1. The molecule has 0 aliphatic heterocycles. The number of benzene rings is 2. The zero-order chi connectivity index (χ0) is 21.5. The molecule has 0 unspecified atom stereocenters. The first-order chi connectivity index (χ1) is 14.6. The molecule has 0 bridgehead atoms. The minimum atomic E-state index is -0.583. The van der Waals surface area contributed by atoms with Crippen LogP contribution in [-0.4, -0.2) is 36.6 Å². The van der Waals surface area contributed by atoms with Crippen LogP contribution in [0.5, 0.6) is 11.5 Å². The van der Waals surface area contributed by atoms with Gasteiger partial charge in [-0.25, -0.2) is 4.79 Å². The Kier molecular flexibility index (Phi) is 7.12. The minimum absolute atomic E-state index is 0.254. The molecule has 30 heavy (non-hydrogen) atoms. The molecule has 1 N–H and O–H groups in total. The van der Waals surface area contributed by atoms with Crippen molar-refractivity contribution in [1.29, 1.82) is 0 Å². The third-order valence-corrected chi connectivity index (χ3v) is 4.76. The van der Waals surface area contributed by atoms with E-state index in [4.69, 9.17) is 14.2 Å². The van der Waals surface area contributed by atoms with E-state index in [1.807, 2.05) is 32.0 Å². The maximum Gasteiger partial charge on any atom is 0.338 e. The first-order valence-electron chi connectivity index (χ1n) is 10.3. The van der Waals surface area contributed by atoms with E-state index in [0.29, 0.717) is 35.8 Å². The Morgan fingerprint density at radius 1 is 1.00 bits per heavy atom. The topological polar surface area (TPSA) is 77.6 Å². The third kappa shape index (κ3) is 4.64. The molecule has 0 aliphatic carbocycles. The van der Waals surface area contributed by atoms with Gasteiger partial charge in [-0.1, -0.05) is 32.0 Å². The largest absolute Gasteiger partial charge is 0.490 e. The minimum Gasteiger partial charge on any atom is -0.490 e. The van der Waals surface area contributed by atoms with Crippen LogP contribution in [0.2, 0.25) is 0 Å².